The maximum atomic E-state index is 12.4. The normalized spacial score (nSPS) is 16.2. The van der Waals surface area contributed by atoms with Gasteiger partial charge >= 0.3 is 5.97 Å². The Labute approximate surface area is 143 Å². The third kappa shape index (κ3) is 2.45. The first-order valence-electron chi connectivity index (χ1n) is 7.91. The molecule has 0 saturated heterocycles. The van der Waals surface area contributed by atoms with Crippen molar-refractivity contribution in [2.24, 2.45) is 5.73 Å². The minimum atomic E-state index is -0.994. The van der Waals surface area contributed by atoms with E-state index in [1.807, 2.05) is 24.3 Å². The molecule has 1 amide bonds. The summed E-state index contributed by atoms with van der Waals surface area (Å²) in [7, 11) is 0. The van der Waals surface area contributed by atoms with Crippen LogP contribution in [0.25, 0.3) is 11.0 Å². The number of rotatable bonds is 3. The van der Waals surface area contributed by atoms with Gasteiger partial charge < -0.3 is 20.7 Å². The molecule has 0 radical (unpaired) electrons. The number of nitrogens with one attached hydrogen (secondary N) is 1. The first-order valence-corrected chi connectivity index (χ1v) is 7.91. The summed E-state index contributed by atoms with van der Waals surface area (Å²) < 4.78 is 0. The molecule has 0 fully saturated rings. The van der Waals surface area contributed by atoms with E-state index in [0.29, 0.717) is 23.3 Å². The number of nitrogens with zero attached hydrogens (tertiary/aromatic N) is 2. The van der Waals surface area contributed by atoms with Crippen LogP contribution in [-0.4, -0.2) is 33.5 Å². The molecule has 4 N–H and O–H groups in total. The molecule has 0 bridgehead atoms. The van der Waals surface area contributed by atoms with Gasteiger partial charge in [0.25, 0.3) is 0 Å². The van der Waals surface area contributed by atoms with E-state index in [1.165, 1.54) is 6.07 Å². The van der Waals surface area contributed by atoms with Crippen molar-refractivity contribution in [3.05, 3.63) is 59.4 Å². The summed E-state index contributed by atoms with van der Waals surface area (Å²) in [6, 6.07) is 12.1. The number of benzene rings is 2. The van der Waals surface area contributed by atoms with Gasteiger partial charge in [0.15, 0.2) is 0 Å². The van der Waals surface area contributed by atoms with Crippen molar-refractivity contribution in [2.75, 3.05) is 11.4 Å². The largest absolute Gasteiger partial charge is 0.478 e. The fourth-order valence-electron chi connectivity index (χ4n) is 3.33. The van der Waals surface area contributed by atoms with Crippen LogP contribution in [0.4, 0.5) is 5.69 Å². The number of fused-ring (bicyclic) bond motifs is 2. The second-order valence-electron chi connectivity index (χ2n) is 5.98. The van der Waals surface area contributed by atoms with Crippen molar-refractivity contribution in [1.29, 1.82) is 0 Å². The molecule has 3 aromatic rings. The quantitative estimate of drug-likeness (QED) is 0.676. The first kappa shape index (κ1) is 15.3. The van der Waals surface area contributed by atoms with Crippen LogP contribution in [-0.2, 0) is 11.2 Å². The van der Waals surface area contributed by atoms with Gasteiger partial charge in [-0.15, -0.1) is 0 Å². The highest BCUT2D eigenvalue weighted by Gasteiger charge is 2.35. The summed E-state index contributed by atoms with van der Waals surface area (Å²) in [4.78, 5) is 32.9. The summed E-state index contributed by atoms with van der Waals surface area (Å²) in [5, 5.41) is 9.13. The Morgan fingerprint density at radius 2 is 2.08 bits per heavy atom. The number of carboxylic acids is 1. The zero-order chi connectivity index (χ0) is 17.6. The highest BCUT2D eigenvalue weighted by molar-refractivity contribution is 5.98. The van der Waals surface area contributed by atoms with Crippen LogP contribution >= 0.6 is 0 Å². The van der Waals surface area contributed by atoms with E-state index in [0.717, 1.165) is 11.3 Å². The lowest BCUT2D eigenvalue weighted by molar-refractivity contribution is -0.117. The van der Waals surface area contributed by atoms with Crippen LogP contribution in [0.5, 0.6) is 0 Å². The highest BCUT2D eigenvalue weighted by atomic mass is 16.4. The number of para-hydroxylation sites is 1. The number of amides is 1. The summed E-state index contributed by atoms with van der Waals surface area (Å²) in [5.41, 5.74) is 8.97. The Balaban J connectivity index is 1.79. The third-order valence-corrected chi connectivity index (χ3v) is 4.48. The lowest BCUT2D eigenvalue weighted by atomic mass is 10.1. The number of nitrogens with two attached hydrogens (primary N) is 1. The molecule has 1 atom stereocenters. The van der Waals surface area contributed by atoms with Gasteiger partial charge in [-0.05, 0) is 29.8 Å². The van der Waals surface area contributed by atoms with Crippen LogP contribution in [0, 0.1) is 0 Å². The van der Waals surface area contributed by atoms with Crippen LogP contribution in [0.15, 0.2) is 42.5 Å². The Bertz CT molecular complexity index is 995. The van der Waals surface area contributed by atoms with Gasteiger partial charge in [0.1, 0.15) is 5.82 Å². The van der Waals surface area contributed by atoms with Gasteiger partial charge in [-0.25, -0.2) is 9.78 Å². The van der Waals surface area contributed by atoms with Crippen molar-refractivity contribution >= 4 is 28.6 Å². The van der Waals surface area contributed by atoms with Gasteiger partial charge in [-0.1, -0.05) is 18.2 Å². The number of anilines is 1. The fraction of sp³-hybridized carbons (Fsp3) is 0.167. The van der Waals surface area contributed by atoms with E-state index in [2.05, 4.69) is 9.97 Å². The number of aromatic carboxylic acids is 1. The summed E-state index contributed by atoms with van der Waals surface area (Å²) in [6.45, 7) is -0.0891. The first-order chi connectivity index (χ1) is 12.1. The number of imidazole rings is 1. The number of aromatic nitrogens is 2. The summed E-state index contributed by atoms with van der Waals surface area (Å²) in [5.74, 6) is -0.552. The van der Waals surface area contributed by atoms with E-state index >= 15 is 0 Å². The Kier molecular flexibility index (Phi) is 3.51. The lowest BCUT2D eigenvalue weighted by Crippen LogP contribution is -2.37. The maximum Gasteiger partial charge on any atom is 0.335 e. The maximum absolute atomic E-state index is 12.4. The molecule has 1 aliphatic heterocycles. The molecule has 0 spiro atoms. The van der Waals surface area contributed by atoms with Gasteiger partial charge in [-0.2, -0.15) is 0 Å². The average molecular weight is 336 g/mol. The molecule has 2 heterocycles. The standard InChI is InChI=1S/C18H16N4O3/c19-9-16(23)22-14-4-2-1-3-10(14)8-15(22)17-20-12-6-5-11(18(24)25)7-13(12)21-17/h1-7,15H,8-9,19H2,(H,20,21)(H,24,25). The Morgan fingerprint density at radius 1 is 1.28 bits per heavy atom. The van der Waals surface area contributed by atoms with E-state index in [4.69, 9.17) is 10.8 Å². The van der Waals surface area contributed by atoms with E-state index in [-0.39, 0.29) is 24.1 Å². The SMILES string of the molecule is NCC(=O)N1c2ccccc2CC1c1nc2ccc(C(=O)O)cc2[nH]1. The number of H-pyrrole nitrogens is 1. The number of hydrogen-bond donors (Lipinski definition) is 3. The van der Waals surface area contributed by atoms with Crippen LogP contribution in [0.3, 0.4) is 0 Å². The van der Waals surface area contributed by atoms with E-state index < -0.39 is 5.97 Å². The monoisotopic (exact) mass is 336 g/mol. The molecular formula is C18H16N4O3. The minimum Gasteiger partial charge on any atom is -0.478 e. The molecule has 1 aliphatic rings. The average Bonchev–Trinajstić information content (AvgIpc) is 3.21. The molecule has 126 valence electrons. The predicted molar refractivity (Wildman–Crippen MR) is 92.5 cm³/mol. The number of carboxylic acid groups (broad SMARTS) is 1. The van der Waals surface area contributed by atoms with Crippen molar-refractivity contribution < 1.29 is 14.7 Å². The minimum absolute atomic E-state index is 0.0891. The summed E-state index contributed by atoms with van der Waals surface area (Å²) >= 11 is 0. The molecule has 7 nitrogen and oxygen atoms in total. The van der Waals surface area contributed by atoms with Crippen LogP contribution < -0.4 is 10.6 Å². The number of carbonyl (C=O) groups is 2. The molecule has 7 heteroatoms. The number of aromatic amines is 1. The number of hydrogen-bond acceptors (Lipinski definition) is 4. The molecule has 2 aromatic carbocycles. The molecule has 25 heavy (non-hydrogen) atoms. The predicted octanol–water partition coefficient (Wildman–Crippen LogP) is 1.85. The topological polar surface area (TPSA) is 112 Å². The third-order valence-electron chi connectivity index (χ3n) is 4.48. The Hall–Kier alpha value is -3.19. The van der Waals surface area contributed by atoms with Crippen molar-refractivity contribution in [3.63, 3.8) is 0 Å². The molecule has 0 aliphatic carbocycles. The molecular weight excluding hydrogens is 320 g/mol. The second-order valence-corrected chi connectivity index (χ2v) is 5.98. The van der Waals surface area contributed by atoms with E-state index in [9.17, 15) is 9.59 Å². The lowest BCUT2D eigenvalue weighted by Gasteiger charge is -2.23. The second kappa shape index (κ2) is 5.71. The smallest absolute Gasteiger partial charge is 0.335 e. The van der Waals surface area contributed by atoms with Crippen molar-refractivity contribution in [3.8, 4) is 0 Å². The summed E-state index contributed by atoms with van der Waals surface area (Å²) in [6.07, 6.45) is 0.632. The Morgan fingerprint density at radius 3 is 2.84 bits per heavy atom. The molecule has 4 rings (SSSR count). The van der Waals surface area contributed by atoms with Gasteiger partial charge in [0, 0.05) is 12.1 Å². The zero-order valence-corrected chi connectivity index (χ0v) is 13.3. The highest BCUT2D eigenvalue weighted by Crippen LogP contribution is 2.39. The van der Waals surface area contributed by atoms with E-state index in [1.54, 1.807) is 17.0 Å². The molecule has 0 saturated carbocycles. The van der Waals surface area contributed by atoms with Gasteiger partial charge in [-0.3, -0.25) is 4.79 Å². The fourth-order valence-corrected chi connectivity index (χ4v) is 3.33. The van der Waals surface area contributed by atoms with Gasteiger partial charge in [0.05, 0.1) is 29.2 Å². The molecule has 1 aromatic heterocycles. The van der Waals surface area contributed by atoms with Crippen molar-refractivity contribution in [1.82, 2.24) is 9.97 Å². The van der Waals surface area contributed by atoms with Crippen molar-refractivity contribution in [2.45, 2.75) is 12.5 Å². The van der Waals surface area contributed by atoms with Crippen LogP contribution in [0.2, 0.25) is 0 Å². The zero-order valence-electron chi connectivity index (χ0n) is 13.3. The van der Waals surface area contributed by atoms with Crippen LogP contribution in [0.1, 0.15) is 27.8 Å². The molecule has 1 unspecified atom stereocenters. The van der Waals surface area contributed by atoms with Gasteiger partial charge in [0.2, 0.25) is 5.91 Å². The number of carbonyl (C=O) groups excluding carboxylic acids is 1.